The van der Waals surface area contributed by atoms with Crippen LogP contribution in [0.25, 0.3) is 0 Å². The Balaban J connectivity index is 2.55. The molecule has 0 amide bonds. The van der Waals surface area contributed by atoms with E-state index in [1.807, 2.05) is 30.3 Å². The molecule has 1 rings (SSSR count). The third-order valence-electron chi connectivity index (χ3n) is 1.63. The van der Waals surface area contributed by atoms with Crippen molar-refractivity contribution < 1.29 is 14.3 Å². The molecule has 0 heterocycles. The Bertz CT molecular complexity index is 341. The molecule has 3 heteroatoms. The zero-order valence-corrected chi connectivity index (χ0v) is 8.90. The minimum Gasteiger partial charge on any atom is -0.463 e. The molecule has 0 aliphatic heterocycles. The first-order valence-corrected chi connectivity index (χ1v) is 4.80. The second kappa shape index (κ2) is 5.86. The van der Waals surface area contributed by atoms with Crippen LogP contribution < -0.4 is 4.74 Å². The fraction of sp³-hybridized carbons (Fsp3) is 0.250. The van der Waals surface area contributed by atoms with Crippen molar-refractivity contribution in [2.75, 3.05) is 6.61 Å². The average Bonchev–Trinajstić information content (AvgIpc) is 2.19. The van der Waals surface area contributed by atoms with Crippen LogP contribution >= 0.6 is 0 Å². The van der Waals surface area contributed by atoms with E-state index in [1.54, 1.807) is 13.8 Å². The van der Waals surface area contributed by atoms with Crippen LogP contribution in [0, 0.1) is 0 Å². The number of hydrogen-bond donors (Lipinski definition) is 0. The van der Waals surface area contributed by atoms with Crippen LogP contribution in [0.2, 0.25) is 0 Å². The molecular weight excluding hydrogens is 192 g/mol. The molecule has 0 saturated carbocycles. The first kappa shape index (κ1) is 11.3. The van der Waals surface area contributed by atoms with E-state index in [4.69, 9.17) is 9.47 Å². The second-order valence-corrected chi connectivity index (χ2v) is 2.92. The second-order valence-electron chi connectivity index (χ2n) is 2.92. The molecule has 0 N–H and O–H groups in total. The molecule has 3 nitrogen and oxygen atoms in total. The van der Waals surface area contributed by atoms with Crippen LogP contribution in [0.1, 0.15) is 13.8 Å². The van der Waals surface area contributed by atoms with Crippen molar-refractivity contribution in [2.45, 2.75) is 13.8 Å². The first-order chi connectivity index (χ1) is 7.22. The molecule has 80 valence electrons. The normalized spacial score (nSPS) is 10.9. The number of carbonyl (C=O) groups excluding carboxylic acids is 1. The maximum Gasteiger partial charge on any atom is 0.334 e. The summed E-state index contributed by atoms with van der Waals surface area (Å²) in [4.78, 5) is 11.1. The van der Waals surface area contributed by atoms with Crippen LogP contribution in [0.5, 0.6) is 5.75 Å². The van der Waals surface area contributed by atoms with Gasteiger partial charge in [-0.2, -0.15) is 0 Å². The maximum atomic E-state index is 11.1. The summed E-state index contributed by atoms with van der Waals surface area (Å²) in [6, 6.07) is 9.28. The number of para-hydroxylation sites is 1. The van der Waals surface area contributed by atoms with Crippen molar-refractivity contribution in [3.63, 3.8) is 0 Å². The summed E-state index contributed by atoms with van der Waals surface area (Å²) >= 11 is 0. The van der Waals surface area contributed by atoms with Gasteiger partial charge in [-0.3, -0.25) is 0 Å². The molecule has 0 aliphatic carbocycles. The minimum atomic E-state index is -0.383. The molecule has 1 aromatic carbocycles. The molecule has 0 atom stereocenters. The number of hydrogen-bond acceptors (Lipinski definition) is 3. The fourth-order valence-corrected chi connectivity index (χ4v) is 1.05. The topological polar surface area (TPSA) is 35.5 Å². The molecule has 0 aliphatic rings. The Morgan fingerprint density at radius 3 is 2.60 bits per heavy atom. The summed E-state index contributed by atoms with van der Waals surface area (Å²) in [5.41, 5.74) is 0. The Morgan fingerprint density at radius 1 is 1.33 bits per heavy atom. The van der Waals surface area contributed by atoms with E-state index >= 15 is 0 Å². The van der Waals surface area contributed by atoms with Gasteiger partial charge in [-0.1, -0.05) is 18.2 Å². The fourth-order valence-electron chi connectivity index (χ4n) is 1.05. The summed E-state index contributed by atoms with van der Waals surface area (Å²) in [5, 5.41) is 0. The smallest absolute Gasteiger partial charge is 0.334 e. The number of carbonyl (C=O) groups is 1. The van der Waals surface area contributed by atoms with E-state index in [0.29, 0.717) is 18.1 Å². The average molecular weight is 206 g/mol. The van der Waals surface area contributed by atoms with E-state index in [-0.39, 0.29) is 5.97 Å². The summed E-state index contributed by atoms with van der Waals surface area (Å²) < 4.78 is 10.1. The van der Waals surface area contributed by atoms with Gasteiger partial charge in [0.25, 0.3) is 0 Å². The van der Waals surface area contributed by atoms with Gasteiger partial charge in [0, 0.05) is 0 Å². The quantitative estimate of drug-likeness (QED) is 0.431. The minimum absolute atomic E-state index is 0.369. The Hall–Kier alpha value is -1.77. The van der Waals surface area contributed by atoms with Crippen LogP contribution in [-0.4, -0.2) is 12.6 Å². The van der Waals surface area contributed by atoms with E-state index < -0.39 is 0 Å². The van der Waals surface area contributed by atoms with E-state index in [1.165, 1.54) is 6.08 Å². The SMILES string of the molecule is CCOC(=O)/C=C(\C)Oc1ccccc1. The molecule has 0 unspecified atom stereocenters. The van der Waals surface area contributed by atoms with Gasteiger partial charge in [0.2, 0.25) is 0 Å². The molecule has 0 radical (unpaired) electrons. The molecule has 0 fully saturated rings. The van der Waals surface area contributed by atoms with Crippen molar-refractivity contribution in [1.82, 2.24) is 0 Å². The summed E-state index contributed by atoms with van der Waals surface area (Å²) in [6.45, 7) is 3.84. The lowest BCUT2D eigenvalue weighted by Gasteiger charge is -2.04. The zero-order chi connectivity index (χ0) is 11.1. The van der Waals surface area contributed by atoms with Crippen molar-refractivity contribution in [3.8, 4) is 5.75 Å². The summed E-state index contributed by atoms with van der Waals surface area (Å²) in [6.07, 6.45) is 1.33. The number of rotatable bonds is 4. The van der Waals surface area contributed by atoms with Gasteiger partial charge in [0.05, 0.1) is 12.7 Å². The third kappa shape index (κ3) is 4.31. The third-order valence-corrected chi connectivity index (χ3v) is 1.63. The standard InChI is InChI=1S/C12H14O3/c1-3-14-12(13)9-10(2)15-11-7-5-4-6-8-11/h4-9H,3H2,1-2H3/b10-9+. The monoisotopic (exact) mass is 206 g/mol. The van der Waals surface area contributed by atoms with Crippen LogP contribution in [0.15, 0.2) is 42.2 Å². The van der Waals surface area contributed by atoms with Gasteiger partial charge in [0.15, 0.2) is 0 Å². The van der Waals surface area contributed by atoms with Gasteiger partial charge in [-0.05, 0) is 26.0 Å². The predicted molar refractivity (Wildman–Crippen MR) is 57.5 cm³/mol. The molecular formula is C12H14O3. The highest BCUT2D eigenvalue weighted by molar-refractivity contribution is 5.82. The zero-order valence-electron chi connectivity index (χ0n) is 8.90. The lowest BCUT2D eigenvalue weighted by Crippen LogP contribution is -2.02. The maximum absolute atomic E-state index is 11.1. The van der Waals surface area contributed by atoms with Crippen molar-refractivity contribution in [3.05, 3.63) is 42.2 Å². The van der Waals surface area contributed by atoms with Gasteiger partial charge in [-0.25, -0.2) is 4.79 Å². The highest BCUT2D eigenvalue weighted by Gasteiger charge is 1.99. The van der Waals surface area contributed by atoms with Gasteiger partial charge in [-0.15, -0.1) is 0 Å². The number of benzene rings is 1. The van der Waals surface area contributed by atoms with E-state index in [0.717, 1.165) is 0 Å². The van der Waals surface area contributed by atoms with Gasteiger partial charge < -0.3 is 9.47 Å². The highest BCUT2D eigenvalue weighted by atomic mass is 16.5. The van der Waals surface area contributed by atoms with Gasteiger partial charge in [0.1, 0.15) is 11.5 Å². The van der Waals surface area contributed by atoms with Crippen molar-refractivity contribution in [1.29, 1.82) is 0 Å². The number of ether oxygens (including phenoxy) is 2. The summed E-state index contributed by atoms with van der Waals surface area (Å²) in [5.74, 6) is 0.834. The molecule has 0 spiro atoms. The Labute approximate surface area is 89.3 Å². The van der Waals surface area contributed by atoms with Gasteiger partial charge >= 0.3 is 5.97 Å². The lowest BCUT2D eigenvalue weighted by molar-refractivity contribution is -0.137. The molecule has 0 saturated heterocycles. The number of esters is 1. The molecule has 15 heavy (non-hydrogen) atoms. The molecule has 0 aromatic heterocycles. The van der Waals surface area contributed by atoms with Crippen molar-refractivity contribution >= 4 is 5.97 Å². The van der Waals surface area contributed by atoms with Crippen molar-refractivity contribution in [2.24, 2.45) is 0 Å². The molecule has 1 aromatic rings. The lowest BCUT2D eigenvalue weighted by atomic mass is 10.3. The largest absolute Gasteiger partial charge is 0.463 e. The number of allylic oxidation sites excluding steroid dienone is 1. The first-order valence-electron chi connectivity index (χ1n) is 4.80. The highest BCUT2D eigenvalue weighted by Crippen LogP contribution is 2.12. The molecule has 0 bridgehead atoms. The van der Waals surface area contributed by atoms with Crippen LogP contribution in [0.3, 0.4) is 0 Å². The van der Waals surface area contributed by atoms with Crippen LogP contribution in [-0.2, 0) is 9.53 Å². The Kier molecular flexibility index (Phi) is 4.41. The van der Waals surface area contributed by atoms with Crippen LogP contribution in [0.4, 0.5) is 0 Å². The Morgan fingerprint density at radius 2 is 2.00 bits per heavy atom. The predicted octanol–water partition coefficient (Wildman–Crippen LogP) is 2.53. The summed E-state index contributed by atoms with van der Waals surface area (Å²) in [7, 11) is 0. The van der Waals surface area contributed by atoms with E-state index in [2.05, 4.69) is 0 Å². The van der Waals surface area contributed by atoms with E-state index in [9.17, 15) is 4.79 Å².